The third kappa shape index (κ3) is 5.71. The highest BCUT2D eigenvalue weighted by Gasteiger charge is 2.44. The van der Waals surface area contributed by atoms with E-state index in [2.05, 4.69) is 173 Å². The summed E-state index contributed by atoms with van der Waals surface area (Å²) in [6, 6.07) is 54.7. The van der Waals surface area contributed by atoms with Gasteiger partial charge in [-0.05, 0) is 67.5 Å². The Morgan fingerprint density at radius 2 is 0.829 bits per heavy atom. The highest BCUT2D eigenvalue weighted by molar-refractivity contribution is 7.75. The summed E-state index contributed by atoms with van der Waals surface area (Å²) >= 11 is 0. The SMILES string of the molecule is CCC(C)(c1ccccc1)P(c1ccccc1)c1ccccc1C(CC)(CC)P(c1ccccc1)c1ccccc1. The summed E-state index contributed by atoms with van der Waals surface area (Å²) in [4.78, 5) is 0. The average molecular weight is 573 g/mol. The Morgan fingerprint density at radius 3 is 1.27 bits per heavy atom. The van der Waals surface area contributed by atoms with Crippen LogP contribution in [0, 0.1) is 0 Å². The van der Waals surface area contributed by atoms with Crippen molar-refractivity contribution in [2.75, 3.05) is 0 Å². The zero-order chi connectivity index (χ0) is 28.7. The molecule has 5 aromatic carbocycles. The van der Waals surface area contributed by atoms with Crippen molar-refractivity contribution in [2.45, 2.75) is 57.3 Å². The van der Waals surface area contributed by atoms with Crippen LogP contribution < -0.4 is 21.2 Å². The number of hydrogen-bond donors (Lipinski definition) is 0. The van der Waals surface area contributed by atoms with E-state index in [1.807, 2.05) is 0 Å². The Morgan fingerprint density at radius 1 is 0.439 bits per heavy atom. The molecule has 0 heterocycles. The van der Waals surface area contributed by atoms with Crippen LogP contribution in [-0.2, 0) is 10.3 Å². The van der Waals surface area contributed by atoms with E-state index in [9.17, 15) is 0 Å². The Kier molecular flexibility index (Phi) is 9.55. The summed E-state index contributed by atoms with van der Waals surface area (Å²) in [5.74, 6) is 0. The molecule has 2 unspecified atom stereocenters. The van der Waals surface area contributed by atoms with Crippen molar-refractivity contribution in [3.05, 3.63) is 157 Å². The van der Waals surface area contributed by atoms with Crippen LogP contribution >= 0.6 is 15.8 Å². The zero-order valence-electron chi connectivity index (χ0n) is 24.9. The van der Waals surface area contributed by atoms with Crippen LogP contribution in [0.2, 0.25) is 0 Å². The number of rotatable bonds is 11. The van der Waals surface area contributed by atoms with Crippen LogP contribution in [0.25, 0.3) is 0 Å². The second kappa shape index (κ2) is 13.3. The molecule has 0 bridgehead atoms. The second-order valence-corrected chi connectivity index (χ2v) is 16.1. The van der Waals surface area contributed by atoms with E-state index in [-0.39, 0.29) is 10.3 Å². The summed E-state index contributed by atoms with van der Waals surface area (Å²) in [5.41, 5.74) is 2.97. The van der Waals surface area contributed by atoms with Crippen LogP contribution in [0.3, 0.4) is 0 Å². The zero-order valence-corrected chi connectivity index (χ0v) is 26.7. The van der Waals surface area contributed by atoms with E-state index < -0.39 is 15.8 Å². The number of benzene rings is 5. The molecule has 208 valence electrons. The van der Waals surface area contributed by atoms with E-state index in [1.165, 1.54) is 32.3 Å². The van der Waals surface area contributed by atoms with Gasteiger partial charge in [-0.15, -0.1) is 0 Å². The Bertz CT molecular complexity index is 1460. The van der Waals surface area contributed by atoms with E-state index in [0.717, 1.165) is 19.3 Å². The molecule has 0 saturated carbocycles. The first-order valence-corrected chi connectivity index (χ1v) is 17.7. The van der Waals surface area contributed by atoms with E-state index in [4.69, 9.17) is 0 Å². The maximum Gasteiger partial charge on any atom is 0.0236 e. The minimum atomic E-state index is -0.721. The van der Waals surface area contributed by atoms with Gasteiger partial charge in [-0.25, -0.2) is 0 Å². The molecule has 0 N–H and O–H groups in total. The largest absolute Gasteiger partial charge is 0.0642 e. The molecule has 0 aliphatic heterocycles. The fraction of sp³-hybridized carbons (Fsp3) is 0.231. The average Bonchev–Trinajstić information content (AvgIpc) is 3.06. The molecule has 0 amide bonds. The van der Waals surface area contributed by atoms with Crippen molar-refractivity contribution < 1.29 is 0 Å². The third-order valence-corrected chi connectivity index (χ3v) is 15.5. The summed E-state index contributed by atoms with van der Waals surface area (Å²) in [5, 5.41) is 5.88. The molecular formula is C39H42P2. The highest BCUT2D eigenvalue weighted by Crippen LogP contribution is 2.62. The van der Waals surface area contributed by atoms with Crippen molar-refractivity contribution in [1.29, 1.82) is 0 Å². The normalized spacial score (nSPS) is 14.0. The molecule has 0 radical (unpaired) electrons. The van der Waals surface area contributed by atoms with Crippen molar-refractivity contribution in [2.24, 2.45) is 0 Å². The molecule has 2 heteroatoms. The molecule has 0 aliphatic carbocycles. The second-order valence-electron chi connectivity index (χ2n) is 10.9. The molecule has 41 heavy (non-hydrogen) atoms. The molecule has 2 atom stereocenters. The van der Waals surface area contributed by atoms with Gasteiger partial charge in [-0.3, -0.25) is 0 Å². The lowest BCUT2D eigenvalue weighted by molar-refractivity contribution is 0.574. The fourth-order valence-electron chi connectivity index (χ4n) is 6.48. The predicted molar refractivity (Wildman–Crippen MR) is 184 cm³/mol. The van der Waals surface area contributed by atoms with E-state index >= 15 is 0 Å². The molecule has 5 aromatic rings. The van der Waals surface area contributed by atoms with Gasteiger partial charge < -0.3 is 0 Å². The van der Waals surface area contributed by atoms with Gasteiger partial charge in [0.25, 0.3) is 0 Å². The van der Waals surface area contributed by atoms with Gasteiger partial charge in [0.15, 0.2) is 0 Å². The fourth-order valence-corrected chi connectivity index (χ4v) is 13.2. The third-order valence-electron chi connectivity index (χ3n) is 8.86. The lowest BCUT2D eigenvalue weighted by atomic mass is 9.92. The van der Waals surface area contributed by atoms with Gasteiger partial charge >= 0.3 is 0 Å². The van der Waals surface area contributed by atoms with Crippen molar-refractivity contribution >= 4 is 37.1 Å². The van der Waals surface area contributed by atoms with Crippen LogP contribution in [0.5, 0.6) is 0 Å². The van der Waals surface area contributed by atoms with Crippen molar-refractivity contribution in [3.63, 3.8) is 0 Å². The summed E-state index contributed by atoms with van der Waals surface area (Å²) < 4.78 is 0. The molecule has 0 fully saturated rings. The topological polar surface area (TPSA) is 0 Å². The minimum Gasteiger partial charge on any atom is -0.0642 e. The molecule has 0 aliphatic rings. The minimum absolute atomic E-state index is 0.00463. The van der Waals surface area contributed by atoms with Gasteiger partial charge in [0.1, 0.15) is 0 Å². The van der Waals surface area contributed by atoms with Gasteiger partial charge in [0.05, 0.1) is 0 Å². The van der Waals surface area contributed by atoms with Gasteiger partial charge in [0.2, 0.25) is 0 Å². The molecular weight excluding hydrogens is 530 g/mol. The Labute approximate surface area is 250 Å². The first kappa shape index (κ1) is 29.5. The van der Waals surface area contributed by atoms with E-state index in [1.54, 1.807) is 0 Å². The molecule has 0 saturated heterocycles. The first-order valence-electron chi connectivity index (χ1n) is 15.0. The van der Waals surface area contributed by atoms with Gasteiger partial charge in [-0.1, -0.05) is 173 Å². The van der Waals surface area contributed by atoms with Crippen LogP contribution in [0.1, 0.15) is 58.1 Å². The molecule has 0 nitrogen and oxygen atoms in total. The van der Waals surface area contributed by atoms with Gasteiger partial charge in [-0.2, -0.15) is 0 Å². The Hall–Kier alpha value is -3.04. The van der Waals surface area contributed by atoms with E-state index in [0.29, 0.717) is 0 Å². The van der Waals surface area contributed by atoms with Crippen LogP contribution in [0.4, 0.5) is 0 Å². The van der Waals surface area contributed by atoms with Crippen molar-refractivity contribution in [3.8, 4) is 0 Å². The standard InChI is InChI=1S/C39H42P2/c1-5-38(4,32-22-12-8-13-23-32)41(35-28-18-11-19-29-35)37-31-21-20-30-36(37)39(6-2,7-3)40(33-24-14-9-15-25-33)34-26-16-10-17-27-34/h8-31H,5-7H2,1-4H3. The predicted octanol–water partition coefficient (Wildman–Crippen LogP) is 9.59. The smallest absolute Gasteiger partial charge is 0.0236 e. The highest BCUT2D eigenvalue weighted by atomic mass is 31.1. The maximum atomic E-state index is 2.51. The summed E-state index contributed by atoms with van der Waals surface area (Å²) in [6.45, 7) is 9.72. The summed E-state index contributed by atoms with van der Waals surface area (Å²) in [6.07, 6.45) is 3.24. The first-order chi connectivity index (χ1) is 20.1. The lowest BCUT2D eigenvalue weighted by Crippen LogP contribution is -2.38. The lowest BCUT2D eigenvalue weighted by Gasteiger charge is -2.46. The number of hydrogen-bond acceptors (Lipinski definition) is 0. The molecule has 0 aromatic heterocycles. The quantitative estimate of drug-likeness (QED) is 0.138. The van der Waals surface area contributed by atoms with Crippen LogP contribution in [0.15, 0.2) is 146 Å². The van der Waals surface area contributed by atoms with Crippen LogP contribution in [-0.4, -0.2) is 0 Å². The van der Waals surface area contributed by atoms with Crippen molar-refractivity contribution in [1.82, 2.24) is 0 Å². The molecule has 0 spiro atoms. The maximum absolute atomic E-state index is 2.51. The Balaban J connectivity index is 1.81. The van der Waals surface area contributed by atoms with Gasteiger partial charge in [0, 0.05) is 10.3 Å². The summed E-state index contributed by atoms with van der Waals surface area (Å²) in [7, 11) is -1.39. The monoisotopic (exact) mass is 572 g/mol. The molecule has 5 rings (SSSR count).